The van der Waals surface area contributed by atoms with E-state index in [2.05, 4.69) is 10.2 Å². The van der Waals surface area contributed by atoms with E-state index in [1.165, 1.54) is 4.31 Å². The third-order valence-corrected chi connectivity index (χ3v) is 10.1. The first-order valence-electron chi connectivity index (χ1n) is 11.6. The molecule has 2 unspecified atom stereocenters. The van der Waals surface area contributed by atoms with Crippen LogP contribution >= 0.6 is 0 Å². The largest absolute Gasteiger partial charge is 0.509 e. The Morgan fingerprint density at radius 1 is 1.11 bits per heavy atom. The first-order valence-corrected chi connectivity index (χ1v) is 13.0. The van der Waals surface area contributed by atoms with Crippen molar-refractivity contribution in [2.24, 2.45) is 0 Å². The summed E-state index contributed by atoms with van der Waals surface area (Å²) in [5.41, 5.74) is 3.37. The molecule has 2 aliphatic heterocycles. The van der Waals surface area contributed by atoms with Crippen LogP contribution in [-0.2, 0) is 19.7 Å². The topological polar surface area (TPSA) is 132 Å². The highest BCUT2D eigenvalue weighted by Gasteiger charge is 2.54. The number of benzene rings is 1. The lowest BCUT2D eigenvalue weighted by Crippen LogP contribution is -2.59. The predicted octanol–water partition coefficient (Wildman–Crippen LogP) is 2.46. The fraction of sp³-hybridized carbons (Fsp3) is 0.609. The number of aryl methyl sites for hydroxylation is 2. The van der Waals surface area contributed by atoms with E-state index in [9.17, 15) is 18.0 Å². The van der Waals surface area contributed by atoms with Crippen LogP contribution in [0.25, 0.3) is 0 Å². The maximum atomic E-state index is 14.1. The van der Waals surface area contributed by atoms with E-state index in [1.807, 2.05) is 39.8 Å². The SMILES string of the molecule is Cc1ccc(C)c(C(C)C(c2n[nH]c(=O)o2)[N+](C)(C)S(=O)(=O)N2CCC3(CC2)COC(=O)O3)c1C. The molecule has 3 heterocycles. The first-order chi connectivity index (χ1) is 16.3. The van der Waals surface area contributed by atoms with Gasteiger partial charge < -0.3 is 13.9 Å². The molecular weight excluding hydrogens is 476 g/mol. The van der Waals surface area contributed by atoms with E-state index in [0.717, 1.165) is 22.3 Å². The molecule has 1 aromatic carbocycles. The summed E-state index contributed by atoms with van der Waals surface area (Å²) in [6.45, 7) is 8.42. The monoisotopic (exact) mass is 509 g/mol. The van der Waals surface area contributed by atoms with Gasteiger partial charge in [-0.05, 0) is 43.0 Å². The number of quaternary nitrogens is 1. The van der Waals surface area contributed by atoms with Gasteiger partial charge in [0, 0.05) is 31.8 Å². The van der Waals surface area contributed by atoms with Crippen LogP contribution in [0, 0.1) is 20.8 Å². The third kappa shape index (κ3) is 4.27. The molecule has 0 radical (unpaired) electrons. The van der Waals surface area contributed by atoms with Gasteiger partial charge in [-0.1, -0.05) is 19.1 Å². The number of aromatic amines is 1. The quantitative estimate of drug-likeness (QED) is 0.464. The molecule has 35 heavy (non-hydrogen) atoms. The normalized spacial score (nSPS) is 20.5. The van der Waals surface area contributed by atoms with Crippen molar-refractivity contribution in [3.8, 4) is 0 Å². The van der Waals surface area contributed by atoms with Crippen molar-refractivity contribution in [2.45, 2.75) is 58.1 Å². The minimum atomic E-state index is -3.97. The van der Waals surface area contributed by atoms with Gasteiger partial charge in [0.25, 0.3) is 5.89 Å². The Labute approximate surface area is 204 Å². The predicted molar refractivity (Wildman–Crippen MR) is 126 cm³/mol. The number of aromatic nitrogens is 2. The highest BCUT2D eigenvalue weighted by atomic mass is 32.2. The molecule has 0 aliphatic carbocycles. The molecule has 2 aliphatic rings. The lowest BCUT2D eigenvalue weighted by atomic mass is 9.84. The number of carbonyl (C=O) groups excluding carboxylic acids is 1. The van der Waals surface area contributed by atoms with Crippen molar-refractivity contribution in [2.75, 3.05) is 33.8 Å². The second-order valence-electron chi connectivity index (χ2n) is 10.1. The van der Waals surface area contributed by atoms with E-state index in [0.29, 0.717) is 12.8 Å². The van der Waals surface area contributed by atoms with Gasteiger partial charge >= 0.3 is 22.1 Å². The van der Waals surface area contributed by atoms with E-state index in [4.69, 9.17) is 13.9 Å². The fourth-order valence-corrected chi connectivity index (χ4v) is 7.25. The zero-order valence-electron chi connectivity index (χ0n) is 21.0. The molecule has 1 aromatic heterocycles. The molecule has 2 aromatic rings. The minimum Gasteiger partial charge on any atom is -0.430 e. The van der Waals surface area contributed by atoms with Crippen LogP contribution in [0.5, 0.6) is 0 Å². The molecule has 2 fully saturated rings. The van der Waals surface area contributed by atoms with Crippen LogP contribution in [0.4, 0.5) is 4.79 Å². The number of nitrogens with zero attached hydrogens (tertiary/aromatic N) is 3. The molecule has 2 saturated heterocycles. The van der Waals surface area contributed by atoms with Crippen LogP contribution < -0.4 is 5.76 Å². The lowest BCUT2D eigenvalue weighted by Gasteiger charge is -2.43. The average molecular weight is 510 g/mol. The molecule has 4 rings (SSSR count). The molecular formula is C23H33N4O7S+. The number of likely N-dealkylation sites (N-methyl/N-ethyl adjacent to an activating group) is 1. The molecule has 0 saturated carbocycles. The van der Waals surface area contributed by atoms with Crippen molar-refractivity contribution in [3.63, 3.8) is 0 Å². The number of rotatable bonds is 6. The summed E-state index contributed by atoms with van der Waals surface area (Å²) in [5, 5.41) is 6.34. The van der Waals surface area contributed by atoms with Gasteiger partial charge in [-0.25, -0.2) is 14.7 Å². The van der Waals surface area contributed by atoms with Gasteiger partial charge in [0.1, 0.15) is 6.61 Å². The van der Waals surface area contributed by atoms with Crippen molar-refractivity contribution in [3.05, 3.63) is 50.8 Å². The van der Waals surface area contributed by atoms with Gasteiger partial charge in [0.2, 0.25) is 0 Å². The van der Waals surface area contributed by atoms with E-state index in [-0.39, 0.29) is 31.5 Å². The molecule has 11 nitrogen and oxygen atoms in total. The molecule has 1 spiro atoms. The van der Waals surface area contributed by atoms with E-state index >= 15 is 0 Å². The summed E-state index contributed by atoms with van der Waals surface area (Å²) in [7, 11) is -0.791. The summed E-state index contributed by atoms with van der Waals surface area (Å²) in [6, 6.07) is 3.22. The van der Waals surface area contributed by atoms with Gasteiger partial charge in [0.05, 0.1) is 14.1 Å². The number of cyclic esters (lactones) is 1. The van der Waals surface area contributed by atoms with Gasteiger partial charge in [-0.2, -0.15) is 16.6 Å². The Hall–Kier alpha value is -2.70. The molecule has 192 valence electrons. The smallest absolute Gasteiger partial charge is 0.430 e. The maximum Gasteiger partial charge on any atom is 0.509 e. The summed E-state index contributed by atoms with van der Waals surface area (Å²) < 4.78 is 44.7. The molecule has 0 bridgehead atoms. The zero-order valence-corrected chi connectivity index (χ0v) is 21.8. The van der Waals surface area contributed by atoms with Crippen LogP contribution in [0.3, 0.4) is 0 Å². The maximum absolute atomic E-state index is 14.1. The van der Waals surface area contributed by atoms with Crippen molar-refractivity contribution < 1.29 is 31.0 Å². The Morgan fingerprint density at radius 2 is 1.74 bits per heavy atom. The number of hydrogen-bond acceptors (Lipinski definition) is 8. The zero-order chi connectivity index (χ0) is 25.8. The van der Waals surface area contributed by atoms with Crippen LogP contribution in [-0.4, -0.2) is 72.4 Å². The van der Waals surface area contributed by atoms with Crippen molar-refractivity contribution >= 4 is 16.4 Å². The van der Waals surface area contributed by atoms with Gasteiger partial charge in [-0.3, -0.25) is 0 Å². The molecule has 2 atom stereocenters. The highest BCUT2D eigenvalue weighted by Crippen LogP contribution is 2.44. The summed E-state index contributed by atoms with van der Waals surface area (Å²) in [4.78, 5) is 23.4. The number of carbonyl (C=O) groups is 1. The van der Waals surface area contributed by atoms with Crippen molar-refractivity contribution in [1.82, 2.24) is 14.5 Å². The van der Waals surface area contributed by atoms with Crippen molar-refractivity contribution in [1.29, 1.82) is 0 Å². The second-order valence-corrected chi connectivity index (χ2v) is 12.4. The van der Waals surface area contributed by atoms with Crippen LogP contribution in [0.2, 0.25) is 0 Å². The van der Waals surface area contributed by atoms with Crippen LogP contribution in [0.1, 0.15) is 59.9 Å². The minimum absolute atomic E-state index is 0.0305. The standard InChI is InChI=1S/C23H32N4O7S/c1-14-7-8-15(2)18(16(14)3)17(4)19(20-24-25-21(28)33-20)27(5,6)35(30,31)26-11-9-23(10-12-26)13-32-22(29)34-23/h7-8,17,19H,9-13H2,1-6H3/p+1. The van der Waals surface area contributed by atoms with Gasteiger partial charge in [-0.15, -0.1) is 5.10 Å². The third-order valence-electron chi connectivity index (χ3n) is 7.62. The summed E-state index contributed by atoms with van der Waals surface area (Å²) in [6.07, 6.45) is -0.0406. The number of hydrogen-bond donors (Lipinski definition) is 1. The first kappa shape index (κ1) is 25.4. The summed E-state index contributed by atoms with van der Waals surface area (Å²) >= 11 is 0. The number of H-pyrrole nitrogens is 1. The molecule has 0 amide bonds. The van der Waals surface area contributed by atoms with E-state index < -0.39 is 37.7 Å². The lowest BCUT2D eigenvalue weighted by molar-refractivity contribution is -0.805. The molecule has 1 N–H and O–H groups in total. The van der Waals surface area contributed by atoms with Gasteiger partial charge in [0.15, 0.2) is 11.6 Å². The number of piperidine rings is 1. The fourth-order valence-electron chi connectivity index (χ4n) is 5.46. The number of ether oxygens (including phenoxy) is 2. The average Bonchev–Trinajstić information content (AvgIpc) is 3.36. The number of nitrogens with one attached hydrogen (secondary N) is 1. The molecule has 12 heteroatoms. The Kier molecular flexibility index (Phi) is 6.35. The summed E-state index contributed by atoms with van der Waals surface area (Å²) in [5.74, 6) is -1.07. The van der Waals surface area contributed by atoms with Crippen LogP contribution in [0.15, 0.2) is 21.3 Å². The highest BCUT2D eigenvalue weighted by molar-refractivity contribution is 7.83. The second kappa shape index (κ2) is 8.75. The van der Waals surface area contributed by atoms with E-state index in [1.54, 1.807) is 14.1 Å². The Morgan fingerprint density at radius 3 is 2.29 bits per heavy atom. The Balaban J connectivity index is 1.72. The Bertz CT molecular complexity index is 1290.